The molecule has 0 aromatic heterocycles. The van der Waals surface area contributed by atoms with Gasteiger partial charge < -0.3 is 47.4 Å². The van der Waals surface area contributed by atoms with Crippen molar-refractivity contribution in [3.63, 3.8) is 0 Å². The maximum Gasteiger partial charge on any atom is 0.333 e. The van der Waals surface area contributed by atoms with E-state index in [9.17, 15) is 19.2 Å². The van der Waals surface area contributed by atoms with E-state index >= 15 is 0 Å². The molecule has 0 saturated heterocycles. The van der Waals surface area contributed by atoms with Crippen LogP contribution < -0.4 is 18.9 Å². The Labute approximate surface area is 352 Å². The van der Waals surface area contributed by atoms with Crippen LogP contribution in [0.5, 0.6) is 23.0 Å². The maximum absolute atomic E-state index is 12.5. The summed E-state index contributed by atoms with van der Waals surface area (Å²) in [5.41, 5.74) is 0.651. The molecule has 0 amide bonds. The van der Waals surface area contributed by atoms with Crippen molar-refractivity contribution in [1.29, 1.82) is 0 Å². The van der Waals surface area contributed by atoms with Crippen LogP contribution in [-0.2, 0) is 47.6 Å². The Morgan fingerprint density at radius 2 is 0.817 bits per heavy atom. The molecule has 0 aliphatic rings. The Morgan fingerprint density at radius 3 is 1.18 bits per heavy atom. The van der Waals surface area contributed by atoms with Gasteiger partial charge in [0.25, 0.3) is 0 Å². The van der Waals surface area contributed by atoms with E-state index in [0.717, 1.165) is 0 Å². The molecule has 0 heterocycles. The minimum atomic E-state index is -0.648. The summed E-state index contributed by atoms with van der Waals surface area (Å²) in [6, 6.07) is 25.5. The molecule has 0 bridgehead atoms. The SMILES string of the molecule is C=C(C)C(=O)OCCCCC(=O)OC(COCCOc1ccc(OCCOCC(COc2ccccc2)OC(=O)CCCCOC(=O)C(=C)C)cc1)COc1ccccc1. The number of benzene rings is 3. The van der Waals surface area contributed by atoms with Gasteiger partial charge in [-0.3, -0.25) is 9.59 Å². The first-order valence-electron chi connectivity index (χ1n) is 20.0. The van der Waals surface area contributed by atoms with Gasteiger partial charge in [-0.2, -0.15) is 0 Å². The molecule has 2 unspecified atom stereocenters. The van der Waals surface area contributed by atoms with Crippen molar-refractivity contribution in [2.45, 2.75) is 64.6 Å². The van der Waals surface area contributed by atoms with Crippen LogP contribution in [0.3, 0.4) is 0 Å². The van der Waals surface area contributed by atoms with E-state index in [4.69, 9.17) is 47.4 Å². The van der Waals surface area contributed by atoms with Crippen molar-refractivity contribution >= 4 is 23.9 Å². The number of hydrogen-bond acceptors (Lipinski definition) is 14. The number of carbonyl (C=O) groups excluding carboxylic acids is 4. The molecule has 0 N–H and O–H groups in total. The fourth-order valence-corrected chi connectivity index (χ4v) is 4.95. The lowest BCUT2D eigenvalue weighted by Crippen LogP contribution is -2.30. The topological polar surface area (TPSA) is 161 Å². The zero-order valence-electron chi connectivity index (χ0n) is 34.7. The largest absolute Gasteiger partial charge is 0.491 e. The molecule has 326 valence electrons. The van der Waals surface area contributed by atoms with Crippen LogP contribution in [0.2, 0.25) is 0 Å². The Morgan fingerprint density at radius 1 is 0.450 bits per heavy atom. The van der Waals surface area contributed by atoms with Crippen molar-refractivity contribution in [1.82, 2.24) is 0 Å². The van der Waals surface area contributed by atoms with Crippen LogP contribution >= 0.6 is 0 Å². The maximum atomic E-state index is 12.5. The molecule has 60 heavy (non-hydrogen) atoms. The number of unbranched alkanes of at least 4 members (excludes halogenated alkanes) is 2. The normalized spacial score (nSPS) is 11.6. The van der Waals surface area contributed by atoms with Gasteiger partial charge in [0.15, 0.2) is 12.2 Å². The Balaban J connectivity index is 1.33. The number of rotatable bonds is 32. The molecular weight excluding hydrogens is 776 g/mol. The third kappa shape index (κ3) is 22.3. The standard InChI is InChI=1S/C46H58O14/c1-35(2)45(49)55-25-13-11-19-43(47)59-41(33-57-37-15-7-5-8-16-37)31-51-27-29-53-39-21-23-40(24-22-39)54-30-28-52-32-42(34-58-38-17-9-6-10-18-38)60-44(48)20-12-14-26-56-46(50)36(3)4/h5-10,15-18,21-24,41-42H,1,3,11-14,19-20,25-34H2,2,4H3. The van der Waals surface area contributed by atoms with E-state index in [2.05, 4.69) is 13.2 Å². The number of hydrogen-bond donors (Lipinski definition) is 0. The van der Waals surface area contributed by atoms with E-state index in [1.165, 1.54) is 0 Å². The fourth-order valence-electron chi connectivity index (χ4n) is 4.95. The number of esters is 4. The minimum absolute atomic E-state index is 0.104. The van der Waals surface area contributed by atoms with E-state index < -0.39 is 36.1 Å². The van der Waals surface area contributed by atoms with E-state index in [-0.39, 0.29) is 78.9 Å². The van der Waals surface area contributed by atoms with Gasteiger partial charge >= 0.3 is 23.9 Å². The molecule has 2 atom stereocenters. The van der Waals surface area contributed by atoms with Crippen molar-refractivity contribution in [2.24, 2.45) is 0 Å². The Bertz CT molecular complexity index is 1590. The summed E-state index contributed by atoms with van der Waals surface area (Å²) in [6.07, 6.45) is 1.04. The first-order chi connectivity index (χ1) is 29.1. The van der Waals surface area contributed by atoms with Gasteiger partial charge in [-0.25, -0.2) is 9.59 Å². The highest BCUT2D eigenvalue weighted by molar-refractivity contribution is 5.87. The van der Waals surface area contributed by atoms with Crippen molar-refractivity contribution < 1.29 is 66.5 Å². The third-order valence-electron chi connectivity index (χ3n) is 8.09. The summed E-state index contributed by atoms with van der Waals surface area (Å²) in [5.74, 6) is 0.795. The molecule has 0 aliphatic carbocycles. The van der Waals surface area contributed by atoms with E-state index in [1.807, 2.05) is 60.7 Å². The zero-order valence-corrected chi connectivity index (χ0v) is 34.7. The van der Waals surface area contributed by atoms with Gasteiger partial charge in [-0.1, -0.05) is 49.6 Å². The summed E-state index contributed by atoms with van der Waals surface area (Å²) in [5, 5.41) is 0. The van der Waals surface area contributed by atoms with Crippen molar-refractivity contribution in [3.8, 4) is 23.0 Å². The van der Waals surface area contributed by atoms with Gasteiger partial charge in [0.2, 0.25) is 0 Å². The zero-order chi connectivity index (χ0) is 43.2. The van der Waals surface area contributed by atoms with Gasteiger partial charge in [-0.05, 0) is 88.1 Å². The summed E-state index contributed by atoms with van der Waals surface area (Å²) in [6.45, 7) is 12.0. The lowest BCUT2D eigenvalue weighted by Gasteiger charge is -2.19. The molecule has 3 aromatic carbocycles. The summed E-state index contributed by atoms with van der Waals surface area (Å²) >= 11 is 0. The first-order valence-corrected chi connectivity index (χ1v) is 20.0. The second kappa shape index (κ2) is 29.4. The molecular formula is C46H58O14. The second-order valence-corrected chi connectivity index (χ2v) is 13.5. The highest BCUT2D eigenvalue weighted by atomic mass is 16.6. The first kappa shape index (κ1) is 48.5. The summed E-state index contributed by atoms with van der Waals surface area (Å²) in [4.78, 5) is 48.1. The molecule has 0 radical (unpaired) electrons. The number of para-hydroxylation sites is 2. The Hall–Kier alpha value is -5.86. The van der Waals surface area contributed by atoms with Crippen molar-refractivity contribution in [3.05, 3.63) is 109 Å². The van der Waals surface area contributed by atoms with E-state index in [0.29, 0.717) is 59.8 Å². The third-order valence-corrected chi connectivity index (χ3v) is 8.09. The quantitative estimate of drug-likeness (QED) is 0.0273. The fraction of sp³-hybridized carbons (Fsp3) is 0.435. The molecule has 0 fully saturated rings. The highest BCUT2D eigenvalue weighted by Gasteiger charge is 2.18. The average molecular weight is 835 g/mol. The molecule has 0 aliphatic heterocycles. The minimum Gasteiger partial charge on any atom is -0.491 e. The van der Waals surface area contributed by atoms with Crippen LogP contribution in [0.25, 0.3) is 0 Å². The molecule has 0 spiro atoms. The average Bonchev–Trinajstić information content (AvgIpc) is 3.24. The lowest BCUT2D eigenvalue weighted by molar-refractivity contribution is -0.155. The number of ether oxygens (including phenoxy) is 10. The molecule has 3 aromatic rings. The van der Waals surface area contributed by atoms with Gasteiger partial charge in [-0.15, -0.1) is 0 Å². The highest BCUT2D eigenvalue weighted by Crippen LogP contribution is 2.18. The molecule has 14 heteroatoms. The van der Waals surface area contributed by atoms with Gasteiger partial charge in [0.05, 0.1) is 39.6 Å². The van der Waals surface area contributed by atoms with E-state index in [1.54, 1.807) is 38.1 Å². The van der Waals surface area contributed by atoms with Gasteiger partial charge in [0, 0.05) is 24.0 Å². The molecule has 14 nitrogen and oxygen atoms in total. The van der Waals surface area contributed by atoms with Crippen molar-refractivity contribution in [2.75, 3.05) is 66.1 Å². The predicted octanol–water partition coefficient (Wildman–Crippen LogP) is 7.04. The van der Waals surface area contributed by atoms with Crippen LogP contribution in [0.15, 0.2) is 109 Å². The smallest absolute Gasteiger partial charge is 0.333 e. The summed E-state index contributed by atoms with van der Waals surface area (Å²) in [7, 11) is 0. The Kier molecular flexibility index (Phi) is 23.7. The van der Waals surface area contributed by atoms with Crippen LogP contribution in [0, 0.1) is 0 Å². The van der Waals surface area contributed by atoms with Crippen LogP contribution in [0.1, 0.15) is 52.4 Å². The monoisotopic (exact) mass is 834 g/mol. The second-order valence-electron chi connectivity index (χ2n) is 13.5. The number of carbonyl (C=O) groups is 4. The van der Waals surface area contributed by atoms with Crippen LogP contribution in [-0.4, -0.2) is 102 Å². The lowest BCUT2D eigenvalue weighted by atomic mass is 10.2. The molecule has 0 saturated carbocycles. The predicted molar refractivity (Wildman–Crippen MR) is 222 cm³/mol. The van der Waals surface area contributed by atoms with Crippen LogP contribution in [0.4, 0.5) is 0 Å². The summed E-state index contributed by atoms with van der Waals surface area (Å²) < 4.78 is 56.2. The molecule has 3 rings (SSSR count). The van der Waals surface area contributed by atoms with Gasteiger partial charge in [0.1, 0.15) is 49.4 Å².